The summed E-state index contributed by atoms with van der Waals surface area (Å²) in [6.45, 7) is 2.50. The molecule has 0 saturated carbocycles. The maximum Gasteiger partial charge on any atom is 0.313 e. The lowest BCUT2D eigenvalue weighted by Crippen LogP contribution is -2.21. The van der Waals surface area contributed by atoms with Crippen molar-refractivity contribution in [1.29, 1.82) is 0 Å². The smallest absolute Gasteiger partial charge is 0.313 e. The van der Waals surface area contributed by atoms with E-state index in [0.717, 1.165) is 0 Å². The molecule has 0 aromatic carbocycles. The third-order valence-corrected chi connectivity index (χ3v) is 1.21. The van der Waals surface area contributed by atoms with Crippen molar-refractivity contribution in [2.45, 2.75) is 19.3 Å². The topological polar surface area (TPSA) is 29.1 Å². The predicted molar refractivity (Wildman–Crippen MR) is 43.8 cm³/mol. The number of hydrogen-bond acceptors (Lipinski definition) is 2. The highest BCUT2D eigenvalue weighted by Gasteiger charge is 1.93. The molecular formula is C6H11Cl2NO. The van der Waals surface area contributed by atoms with Gasteiger partial charge >= 0.3 is 4.70 Å². The van der Waals surface area contributed by atoms with E-state index in [0.29, 0.717) is 0 Å². The van der Waals surface area contributed by atoms with Crippen molar-refractivity contribution in [3.05, 3.63) is 0 Å². The first-order chi connectivity index (χ1) is 4.73. The van der Waals surface area contributed by atoms with Gasteiger partial charge in [-0.1, -0.05) is 6.42 Å². The van der Waals surface area contributed by atoms with Crippen LogP contribution < -0.4 is 5.32 Å². The number of hydrogen-bond donors (Lipinski definition) is 1. The standard InChI is InChI=1S/C5H11N.CCl2O/c1-2-4-6-5-3-1;2-1(3)4/h6H,1-5H2;. The van der Waals surface area contributed by atoms with Gasteiger partial charge < -0.3 is 5.32 Å². The van der Waals surface area contributed by atoms with E-state index in [9.17, 15) is 0 Å². The molecule has 0 atom stereocenters. The highest BCUT2D eigenvalue weighted by atomic mass is 35.5. The third kappa shape index (κ3) is 11.1. The maximum atomic E-state index is 8.98. The minimum Gasteiger partial charge on any atom is -0.317 e. The van der Waals surface area contributed by atoms with Crippen LogP contribution in [0.3, 0.4) is 0 Å². The van der Waals surface area contributed by atoms with Gasteiger partial charge in [0.1, 0.15) is 0 Å². The fraction of sp³-hybridized carbons (Fsp3) is 0.833. The Morgan fingerprint density at radius 3 is 1.60 bits per heavy atom. The average Bonchev–Trinajstić information content (AvgIpc) is 1.90. The molecule has 1 saturated heterocycles. The second-order valence-corrected chi connectivity index (χ2v) is 2.92. The Hall–Kier alpha value is 0.210. The Bertz CT molecular complexity index is 78.2. The number of halogens is 2. The molecule has 10 heavy (non-hydrogen) atoms. The number of piperidine rings is 1. The summed E-state index contributed by atoms with van der Waals surface area (Å²) in [4.78, 5) is 8.98. The van der Waals surface area contributed by atoms with Gasteiger partial charge in [-0.3, -0.25) is 4.79 Å². The van der Waals surface area contributed by atoms with Gasteiger partial charge in [-0.05, 0) is 49.1 Å². The molecule has 1 heterocycles. The van der Waals surface area contributed by atoms with Gasteiger partial charge in [-0.15, -0.1) is 0 Å². The zero-order valence-electron chi connectivity index (χ0n) is 5.70. The number of carbonyl (C=O) groups is 1. The van der Waals surface area contributed by atoms with Gasteiger partial charge in [0.15, 0.2) is 0 Å². The zero-order valence-corrected chi connectivity index (χ0v) is 7.21. The van der Waals surface area contributed by atoms with Crippen molar-refractivity contribution < 1.29 is 4.79 Å². The number of nitrogens with one attached hydrogen (secondary N) is 1. The van der Waals surface area contributed by atoms with Gasteiger partial charge in [0, 0.05) is 0 Å². The van der Waals surface area contributed by atoms with Crippen LogP contribution in [0.4, 0.5) is 4.79 Å². The Balaban J connectivity index is 0.000000180. The molecule has 1 fully saturated rings. The van der Waals surface area contributed by atoms with Crippen molar-refractivity contribution in [1.82, 2.24) is 5.32 Å². The van der Waals surface area contributed by atoms with Crippen LogP contribution in [0, 0.1) is 0 Å². The first-order valence-corrected chi connectivity index (χ1v) is 4.05. The van der Waals surface area contributed by atoms with Crippen molar-refractivity contribution in [3.63, 3.8) is 0 Å². The number of rotatable bonds is 0. The van der Waals surface area contributed by atoms with Crippen LogP contribution in [0.1, 0.15) is 19.3 Å². The van der Waals surface area contributed by atoms with Crippen LogP contribution in [0.15, 0.2) is 0 Å². The van der Waals surface area contributed by atoms with Crippen LogP contribution in [0.2, 0.25) is 0 Å². The first-order valence-electron chi connectivity index (χ1n) is 3.29. The fourth-order valence-corrected chi connectivity index (χ4v) is 0.802. The van der Waals surface area contributed by atoms with Crippen LogP contribution >= 0.6 is 23.2 Å². The minimum absolute atomic E-state index is 0.889. The summed E-state index contributed by atoms with van der Waals surface area (Å²) >= 11 is 8.80. The average molecular weight is 184 g/mol. The van der Waals surface area contributed by atoms with Crippen LogP contribution in [-0.4, -0.2) is 17.8 Å². The molecule has 1 N–H and O–H groups in total. The normalized spacial score (nSPS) is 17.0. The van der Waals surface area contributed by atoms with Gasteiger partial charge in [0.25, 0.3) is 0 Å². The molecule has 0 aliphatic carbocycles. The molecule has 1 aliphatic heterocycles. The fourth-order valence-electron chi connectivity index (χ4n) is 0.802. The van der Waals surface area contributed by atoms with E-state index in [1.807, 2.05) is 0 Å². The lowest BCUT2D eigenvalue weighted by Gasteiger charge is -2.08. The van der Waals surface area contributed by atoms with Crippen molar-refractivity contribution in [3.8, 4) is 0 Å². The molecule has 0 radical (unpaired) electrons. The first kappa shape index (κ1) is 10.2. The monoisotopic (exact) mass is 183 g/mol. The maximum absolute atomic E-state index is 8.98. The van der Waals surface area contributed by atoms with Crippen LogP contribution in [-0.2, 0) is 0 Å². The summed E-state index contributed by atoms with van der Waals surface area (Å²) in [5, 5.41) is 3.28. The molecule has 0 spiro atoms. The molecule has 60 valence electrons. The van der Waals surface area contributed by atoms with Crippen molar-refractivity contribution >= 4 is 27.9 Å². The molecule has 0 amide bonds. The van der Waals surface area contributed by atoms with Gasteiger partial charge in [-0.25, -0.2) is 0 Å². The molecule has 0 aromatic heterocycles. The number of carbonyl (C=O) groups excluding carboxylic acids is 1. The molecule has 0 bridgehead atoms. The van der Waals surface area contributed by atoms with E-state index >= 15 is 0 Å². The van der Waals surface area contributed by atoms with Crippen LogP contribution in [0.5, 0.6) is 0 Å². The summed E-state index contributed by atoms with van der Waals surface area (Å²) in [6.07, 6.45) is 4.22. The van der Waals surface area contributed by atoms with E-state index < -0.39 is 4.70 Å². The molecule has 1 aliphatic rings. The van der Waals surface area contributed by atoms with E-state index in [-0.39, 0.29) is 0 Å². The Morgan fingerprint density at radius 1 is 1.10 bits per heavy atom. The Morgan fingerprint density at radius 2 is 1.50 bits per heavy atom. The van der Waals surface area contributed by atoms with Crippen molar-refractivity contribution in [2.75, 3.05) is 13.1 Å². The highest BCUT2D eigenvalue weighted by molar-refractivity contribution is 6.93. The molecule has 0 unspecified atom stereocenters. The Labute approximate surface area is 70.9 Å². The summed E-state index contributed by atoms with van der Waals surface area (Å²) < 4.78 is -0.889. The van der Waals surface area contributed by atoms with Gasteiger partial charge in [0.05, 0.1) is 0 Å². The Kier molecular flexibility index (Phi) is 7.47. The van der Waals surface area contributed by atoms with E-state index in [1.54, 1.807) is 0 Å². The highest BCUT2D eigenvalue weighted by Crippen LogP contribution is 1.96. The minimum atomic E-state index is -0.889. The quantitative estimate of drug-likeness (QED) is 0.585. The molecular weight excluding hydrogens is 173 g/mol. The summed E-state index contributed by atoms with van der Waals surface area (Å²) in [6, 6.07) is 0. The molecule has 0 aromatic rings. The summed E-state index contributed by atoms with van der Waals surface area (Å²) in [7, 11) is 0. The van der Waals surface area contributed by atoms with Crippen molar-refractivity contribution in [2.24, 2.45) is 0 Å². The third-order valence-electron chi connectivity index (χ3n) is 1.21. The molecule has 2 nitrogen and oxygen atoms in total. The molecule has 1 rings (SSSR count). The lowest BCUT2D eigenvalue weighted by molar-refractivity contribution is 0.275. The zero-order chi connectivity index (χ0) is 7.82. The van der Waals surface area contributed by atoms with E-state index in [2.05, 4.69) is 28.5 Å². The van der Waals surface area contributed by atoms with Crippen LogP contribution in [0.25, 0.3) is 0 Å². The second kappa shape index (κ2) is 7.32. The van der Waals surface area contributed by atoms with Gasteiger partial charge in [0.2, 0.25) is 0 Å². The van der Waals surface area contributed by atoms with E-state index in [4.69, 9.17) is 4.79 Å². The summed E-state index contributed by atoms with van der Waals surface area (Å²) in [5.41, 5.74) is 0. The second-order valence-electron chi connectivity index (χ2n) is 2.04. The van der Waals surface area contributed by atoms with E-state index in [1.165, 1.54) is 32.4 Å². The predicted octanol–water partition coefficient (Wildman–Crippen LogP) is 2.34. The van der Waals surface area contributed by atoms with Gasteiger partial charge in [-0.2, -0.15) is 0 Å². The summed E-state index contributed by atoms with van der Waals surface area (Å²) in [5.74, 6) is 0. The SMILES string of the molecule is C1CCNCC1.O=C(Cl)Cl. The lowest BCUT2D eigenvalue weighted by atomic mass is 10.2. The largest absolute Gasteiger partial charge is 0.317 e. The molecule has 4 heteroatoms.